The molecule has 2 N–H and O–H groups in total. The van der Waals surface area contributed by atoms with E-state index in [0.717, 1.165) is 6.54 Å². The van der Waals surface area contributed by atoms with E-state index in [2.05, 4.69) is 31.3 Å². The third-order valence-electron chi connectivity index (χ3n) is 4.18. The van der Waals surface area contributed by atoms with Crippen LogP contribution < -0.4 is 5.32 Å². The van der Waals surface area contributed by atoms with Gasteiger partial charge in [0.15, 0.2) is 0 Å². The van der Waals surface area contributed by atoms with Crippen LogP contribution in [0.15, 0.2) is 12.1 Å². The Morgan fingerprint density at radius 2 is 2.06 bits per heavy atom. The minimum atomic E-state index is 0.360. The summed E-state index contributed by atoms with van der Waals surface area (Å²) in [6.45, 7) is 5.80. The fraction of sp³-hybridized carbons (Fsp3) is 0.733. The van der Waals surface area contributed by atoms with E-state index < -0.39 is 0 Å². The first-order valence-electron chi connectivity index (χ1n) is 7.11. The quantitative estimate of drug-likeness (QED) is 0.855. The van der Waals surface area contributed by atoms with Crippen LogP contribution >= 0.6 is 11.3 Å². The van der Waals surface area contributed by atoms with Gasteiger partial charge in [0.25, 0.3) is 0 Å². The Morgan fingerprint density at radius 3 is 2.67 bits per heavy atom. The number of thiophene rings is 1. The van der Waals surface area contributed by atoms with E-state index in [1.165, 1.54) is 35.4 Å². The molecule has 0 spiro atoms. The Bertz CT molecular complexity index is 363. The second kappa shape index (κ2) is 6.69. The topological polar surface area (TPSA) is 32.3 Å². The first-order valence-corrected chi connectivity index (χ1v) is 7.93. The zero-order valence-electron chi connectivity index (χ0n) is 11.5. The molecule has 102 valence electrons. The van der Waals surface area contributed by atoms with Crippen molar-refractivity contribution < 1.29 is 5.11 Å². The molecule has 3 atom stereocenters. The maximum atomic E-state index is 9.42. The summed E-state index contributed by atoms with van der Waals surface area (Å²) in [7, 11) is 0. The fourth-order valence-electron chi connectivity index (χ4n) is 2.91. The lowest BCUT2D eigenvalue weighted by atomic mass is 9.79. The Kier molecular flexibility index (Phi) is 5.22. The summed E-state index contributed by atoms with van der Waals surface area (Å²) < 4.78 is 0. The van der Waals surface area contributed by atoms with Crippen LogP contribution in [0.25, 0.3) is 0 Å². The van der Waals surface area contributed by atoms with E-state index in [0.29, 0.717) is 24.5 Å². The molecular weight excluding hydrogens is 242 g/mol. The van der Waals surface area contributed by atoms with Gasteiger partial charge in [0.05, 0.1) is 0 Å². The third-order valence-corrected chi connectivity index (χ3v) is 5.36. The van der Waals surface area contributed by atoms with E-state index in [9.17, 15) is 5.11 Å². The molecule has 0 bridgehead atoms. The highest BCUT2D eigenvalue weighted by Crippen LogP contribution is 2.30. The number of hydrogen-bond donors (Lipinski definition) is 2. The van der Waals surface area contributed by atoms with Crippen LogP contribution in [0.1, 0.15) is 48.4 Å². The maximum Gasteiger partial charge on any atom is 0.0462 e. The van der Waals surface area contributed by atoms with E-state index in [-0.39, 0.29) is 0 Å². The fourth-order valence-corrected chi connectivity index (χ4v) is 3.81. The normalized spacial score (nSPS) is 26.2. The number of hydrogen-bond acceptors (Lipinski definition) is 3. The molecule has 1 aliphatic carbocycles. The molecule has 3 unspecified atom stereocenters. The van der Waals surface area contributed by atoms with E-state index >= 15 is 0 Å². The van der Waals surface area contributed by atoms with Crippen molar-refractivity contribution >= 4 is 11.3 Å². The van der Waals surface area contributed by atoms with Crippen molar-refractivity contribution in [1.29, 1.82) is 0 Å². The summed E-state index contributed by atoms with van der Waals surface area (Å²) in [4.78, 5) is 2.80. The second-order valence-corrected chi connectivity index (χ2v) is 6.89. The number of nitrogens with one attached hydrogen (secondary N) is 1. The first-order chi connectivity index (χ1) is 8.70. The van der Waals surface area contributed by atoms with E-state index in [4.69, 9.17) is 0 Å². The largest absolute Gasteiger partial charge is 0.396 e. The Labute approximate surface area is 114 Å². The van der Waals surface area contributed by atoms with Gasteiger partial charge in [-0.2, -0.15) is 0 Å². The van der Waals surface area contributed by atoms with Crippen LogP contribution in [0.3, 0.4) is 0 Å². The van der Waals surface area contributed by atoms with Gasteiger partial charge in [-0.05, 0) is 57.2 Å². The molecule has 0 aromatic carbocycles. The van der Waals surface area contributed by atoms with Crippen LogP contribution in [-0.4, -0.2) is 18.3 Å². The molecule has 1 heterocycles. The summed E-state index contributed by atoms with van der Waals surface area (Å²) in [6.07, 6.45) is 5.10. The summed E-state index contributed by atoms with van der Waals surface area (Å²) in [6, 6.07) is 4.85. The van der Waals surface area contributed by atoms with Crippen molar-refractivity contribution in [2.45, 2.75) is 45.6 Å². The van der Waals surface area contributed by atoms with Crippen LogP contribution in [0.5, 0.6) is 0 Å². The highest BCUT2D eigenvalue weighted by atomic mass is 32.1. The maximum absolute atomic E-state index is 9.42. The highest BCUT2D eigenvalue weighted by Gasteiger charge is 2.24. The lowest BCUT2D eigenvalue weighted by Crippen LogP contribution is -2.33. The van der Waals surface area contributed by atoms with Crippen LogP contribution in [0.2, 0.25) is 0 Å². The molecular formula is C15H25NOS. The average molecular weight is 267 g/mol. The first kappa shape index (κ1) is 14.0. The van der Waals surface area contributed by atoms with Crippen molar-refractivity contribution in [2.75, 3.05) is 13.2 Å². The standard InChI is InChI=1S/C15H25NOS/c1-11-7-8-15(18-11)12(2)16-9-13-5-3-4-6-14(13)10-17/h7-8,12-14,16-17H,3-6,9-10H2,1-2H3. The Balaban J connectivity index is 1.83. The molecule has 1 aromatic rings. The van der Waals surface area contributed by atoms with Gasteiger partial charge in [0.2, 0.25) is 0 Å². The van der Waals surface area contributed by atoms with Gasteiger partial charge in [-0.15, -0.1) is 11.3 Å². The van der Waals surface area contributed by atoms with Crippen molar-refractivity contribution in [3.63, 3.8) is 0 Å². The monoisotopic (exact) mass is 267 g/mol. The van der Waals surface area contributed by atoms with Crippen LogP contribution in [0, 0.1) is 18.8 Å². The molecule has 18 heavy (non-hydrogen) atoms. The molecule has 2 rings (SSSR count). The SMILES string of the molecule is Cc1ccc(C(C)NCC2CCCCC2CO)s1. The molecule has 1 aromatic heterocycles. The average Bonchev–Trinajstić information content (AvgIpc) is 2.83. The predicted octanol–water partition coefficient (Wildman–Crippen LogP) is 3.51. The molecule has 0 saturated heterocycles. The molecule has 0 amide bonds. The van der Waals surface area contributed by atoms with Gasteiger partial charge in [-0.25, -0.2) is 0 Å². The number of aliphatic hydroxyl groups is 1. The molecule has 2 nitrogen and oxygen atoms in total. The van der Waals surface area contributed by atoms with Gasteiger partial charge in [0.1, 0.15) is 0 Å². The van der Waals surface area contributed by atoms with E-state index in [1.807, 2.05) is 11.3 Å². The second-order valence-electron chi connectivity index (χ2n) is 5.57. The Morgan fingerprint density at radius 1 is 1.33 bits per heavy atom. The molecule has 1 aliphatic rings. The number of aryl methyl sites for hydroxylation is 1. The number of aliphatic hydroxyl groups excluding tert-OH is 1. The van der Waals surface area contributed by atoms with Crippen molar-refractivity contribution in [3.8, 4) is 0 Å². The lowest BCUT2D eigenvalue weighted by molar-refractivity contribution is 0.131. The summed E-state index contributed by atoms with van der Waals surface area (Å²) in [5, 5.41) is 13.1. The van der Waals surface area contributed by atoms with Gasteiger partial charge in [-0.1, -0.05) is 12.8 Å². The smallest absolute Gasteiger partial charge is 0.0462 e. The minimum Gasteiger partial charge on any atom is -0.396 e. The van der Waals surface area contributed by atoms with Crippen molar-refractivity contribution in [1.82, 2.24) is 5.32 Å². The summed E-state index contributed by atoms with van der Waals surface area (Å²) in [5.74, 6) is 1.18. The Hall–Kier alpha value is -0.380. The third kappa shape index (κ3) is 3.56. The zero-order valence-corrected chi connectivity index (χ0v) is 12.3. The summed E-state index contributed by atoms with van der Waals surface area (Å²) in [5.41, 5.74) is 0. The molecule has 1 saturated carbocycles. The van der Waals surface area contributed by atoms with Crippen molar-refractivity contribution in [2.24, 2.45) is 11.8 Å². The van der Waals surface area contributed by atoms with E-state index in [1.54, 1.807) is 0 Å². The molecule has 0 aliphatic heterocycles. The summed E-state index contributed by atoms with van der Waals surface area (Å²) >= 11 is 1.88. The predicted molar refractivity (Wildman–Crippen MR) is 78.0 cm³/mol. The van der Waals surface area contributed by atoms with Crippen LogP contribution in [0.4, 0.5) is 0 Å². The van der Waals surface area contributed by atoms with Gasteiger partial charge < -0.3 is 10.4 Å². The van der Waals surface area contributed by atoms with Gasteiger partial charge in [0, 0.05) is 22.4 Å². The molecule has 1 fully saturated rings. The van der Waals surface area contributed by atoms with Crippen molar-refractivity contribution in [3.05, 3.63) is 21.9 Å². The zero-order chi connectivity index (χ0) is 13.0. The minimum absolute atomic E-state index is 0.360. The molecule has 0 radical (unpaired) electrons. The molecule has 3 heteroatoms. The highest BCUT2D eigenvalue weighted by molar-refractivity contribution is 7.12. The van der Waals surface area contributed by atoms with Gasteiger partial charge in [-0.3, -0.25) is 0 Å². The lowest BCUT2D eigenvalue weighted by Gasteiger charge is -2.31. The van der Waals surface area contributed by atoms with Crippen LogP contribution in [-0.2, 0) is 0 Å². The van der Waals surface area contributed by atoms with Gasteiger partial charge >= 0.3 is 0 Å². The number of rotatable bonds is 5.